The van der Waals surface area contributed by atoms with Gasteiger partial charge in [0.1, 0.15) is 5.75 Å². The molecule has 0 aromatic heterocycles. The lowest BCUT2D eigenvalue weighted by Crippen LogP contribution is -2.10. The van der Waals surface area contributed by atoms with Crippen molar-refractivity contribution >= 4 is 5.97 Å². The second-order valence-electron chi connectivity index (χ2n) is 5.85. The van der Waals surface area contributed by atoms with Gasteiger partial charge in [0.25, 0.3) is 0 Å². The average Bonchev–Trinajstić information content (AvgIpc) is 2.65. The van der Waals surface area contributed by atoms with Gasteiger partial charge in [-0.05, 0) is 47.0 Å². The third kappa shape index (κ3) is 3.32. The van der Waals surface area contributed by atoms with E-state index in [2.05, 4.69) is 0 Å². The molecule has 0 fully saturated rings. The molecule has 0 radical (unpaired) electrons. The number of carboxylic acids is 1. The number of benzene rings is 3. The average molecular weight is 350 g/mol. The highest BCUT2D eigenvalue weighted by molar-refractivity contribution is 5.90. The largest absolute Gasteiger partial charge is 0.508 e. The molecular formula is C21H18O5. The van der Waals surface area contributed by atoms with Crippen molar-refractivity contribution in [3.05, 3.63) is 89.0 Å². The zero-order valence-electron chi connectivity index (χ0n) is 14.1. The van der Waals surface area contributed by atoms with Crippen molar-refractivity contribution in [2.24, 2.45) is 0 Å². The van der Waals surface area contributed by atoms with E-state index in [9.17, 15) is 20.1 Å². The summed E-state index contributed by atoms with van der Waals surface area (Å²) < 4.78 is 5.20. The Labute approximate surface area is 150 Å². The Balaban J connectivity index is 2.24. The molecule has 0 amide bonds. The first-order valence-electron chi connectivity index (χ1n) is 7.99. The summed E-state index contributed by atoms with van der Waals surface area (Å²) in [6, 6.07) is 18.3. The third-order valence-corrected chi connectivity index (χ3v) is 4.27. The van der Waals surface area contributed by atoms with Gasteiger partial charge in [-0.25, -0.2) is 4.79 Å². The second-order valence-corrected chi connectivity index (χ2v) is 5.85. The number of carboxylic acid groups (broad SMARTS) is 1. The van der Waals surface area contributed by atoms with Crippen LogP contribution < -0.4 is 4.74 Å². The van der Waals surface area contributed by atoms with E-state index >= 15 is 0 Å². The molecule has 0 bridgehead atoms. The number of hydrogen-bond acceptors (Lipinski definition) is 4. The summed E-state index contributed by atoms with van der Waals surface area (Å²) in [5, 5.41) is 29.1. The second kappa shape index (κ2) is 7.19. The fourth-order valence-electron chi connectivity index (χ4n) is 3.04. The van der Waals surface area contributed by atoms with Crippen LogP contribution >= 0.6 is 0 Å². The van der Waals surface area contributed by atoms with Gasteiger partial charge in [-0.2, -0.15) is 0 Å². The highest BCUT2D eigenvalue weighted by Gasteiger charge is 2.23. The maximum atomic E-state index is 11.7. The van der Waals surface area contributed by atoms with Gasteiger partial charge >= 0.3 is 5.97 Å². The molecule has 26 heavy (non-hydrogen) atoms. The topological polar surface area (TPSA) is 87.0 Å². The van der Waals surface area contributed by atoms with Crippen LogP contribution in [-0.2, 0) is 0 Å². The molecule has 0 aliphatic heterocycles. The first kappa shape index (κ1) is 17.4. The van der Waals surface area contributed by atoms with Crippen LogP contribution in [0.15, 0.2) is 66.7 Å². The van der Waals surface area contributed by atoms with E-state index < -0.39 is 11.9 Å². The predicted molar refractivity (Wildman–Crippen MR) is 97.1 cm³/mol. The quantitative estimate of drug-likeness (QED) is 0.606. The Hall–Kier alpha value is -3.47. The minimum atomic E-state index is -1.02. The van der Waals surface area contributed by atoms with Crippen molar-refractivity contribution in [1.82, 2.24) is 0 Å². The summed E-state index contributed by atoms with van der Waals surface area (Å²) in [7, 11) is 1.46. The van der Waals surface area contributed by atoms with Crippen molar-refractivity contribution in [3.63, 3.8) is 0 Å². The predicted octanol–water partition coefficient (Wildman–Crippen LogP) is 3.98. The fraction of sp³-hybridized carbons (Fsp3) is 0.0952. The first-order chi connectivity index (χ1) is 12.5. The number of carbonyl (C=O) groups is 1. The molecule has 3 N–H and O–H groups in total. The molecule has 3 aromatic carbocycles. The van der Waals surface area contributed by atoms with Gasteiger partial charge in [0, 0.05) is 5.92 Å². The standard InChI is InChI=1S/C21H18O5/c1-26-19-12-14(8-11-18(19)23)20(13-6-9-15(22)10-7-13)16-4-2-3-5-17(16)21(24)25/h2-12,20,22-23H,1H3,(H,24,25)/t20-/m0/s1. The molecule has 0 aliphatic rings. The Morgan fingerprint density at radius 1 is 0.923 bits per heavy atom. The van der Waals surface area contributed by atoms with Gasteiger partial charge < -0.3 is 20.1 Å². The van der Waals surface area contributed by atoms with Crippen LogP contribution in [0.5, 0.6) is 17.2 Å². The summed E-state index contributed by atoms with van der Waals surface area (Å²) in [5.74, 6) is -0.985. The summed E-state index contributed by atoms with van der Waals surface area (Å²) in [6.45, 7) is 0. The minimum Gasteiger partial charge on any atom is -0.508 e. The molecule has 1 atom stereocenters. The van der Waals surface area contributed by atoms with Crippen molar-refractivity contribution in [3.8, 4) is 17.2 Å². The molecule has 3 aromatic rings. The monoisotopic (exact) mass is 350 g/mol. The van der Waals surface area contributed by atoms with Crippen LogP contribution in [0.1, 0.15) is 33.0 Å². The molecule has 0 spiro atoms. The lowest BCUT2D eigenvalue weighted by atomic mass is 9.82. The highest BCUT2D eigenvalue weighted by atomic mass is 16.5. The van der Waals surface area contributed by atoms with Crippen LogP contribution in [0.3, 0.4) is 0 Å². The van der Waals surface area contributed by atoms with E-state index in [1.54, 1.807) is 60.7 Å². The Kier molecular flexibility index (Phi) is 4.80. The van der Waals surface area contributed by atoms with Gasteiger partial charge in [-0.15, -0.1) is 0 Å². The summed E-state index contributed by atoms with van der Waals surface area (Å²) >= 11 is 0. The SMILES string of the molecule is COc1cc([C@H](c2ccc(O)cc2)c2ccccc2C(=O)O)ccc1O. The van der Waals surface area contributed by atoms with Crippen LogP contribution in [-0.4, -0.2) is 28.4 Å². The third-order valence-electron chi connectivity index (χ3n) is 4.27. The number of methoxy groups -OCH3 is 1. The Morgan fingerprint density at radius 3 is 2.23 bits per heavy atom. The number of aromatic hydroxyl groups is 2. The van der Waals surface area contributed by atoms with Gasteiger partial charge in [-0.1, -0.05) is 36.4 Å². The molecule has 0 heterocycles. The van der Waals surface area contributed by atoms with E-state index in [-0.39, 0.29) is 17.1 Å². The maximum absolute atomic E-state index is 11.7. The molecule has 0 saturated heterocycles. The zero-order valence-corrected chi connectivity index (χ0v) is 14.1. The molecule has 132 valence electrons. The van der Waals surface area contributed by atoms with E-state index in [0.29, 0.717) is 11.3 Å². The zero-order chi connectivity index (χ0) is 18.7. The van der Waals surface area contributed by atoms with Crippen LogP contribution in [0, 0.1) is 0 Å². The van der Waals surface area contributed by atoms with Gasteiger partial charge in [0.2, 0.25) is 0 Å². The number of ether oxygens (including phenoxy) is 1. The van der Waals surface area contributed by atoms with Crippen molar-refractivity contribution in [1.29, 1.82) is 0 Å². The molecular weight excluding hydrogens is 332 g/mol. The normalized spacial score (nSPS) is 11.7. The van der Waals surface area contributed by atoms with Crippen LogP contribution in [0.2, 0.25) is 0 Å². The first-order valence-corrected chi connectivity index (χ1v) is 7.99. The fourth-order valence-corrected chi connectivity index (χ4v) is 3.04. The van der Waals surface area contributed by atoms with Gasteiger partial charge in [0.15, 0.2) is 11.5 Å². The van der Waals surface area contributed by atoms with Crippen LogP contribution in [0.4, 0.5) is 0 Å². The summed E-state index contributed by atoms with van der Waals surface area (Å²) in [5.41, 5.74) is 2.37. The lowest BCUT2D eigenvalue weighted by Gasteiger charge is -2.21. The lowest BCUT2D eigenvalue weighted by molar-refractivity contribution is 0.0695. The molecule has 3 rings (SSSR count). The summed E-state index contributed by atoms with van der Waals surface area (Å²) in [6.07, 6.45) is 0. The van der Waals surface area contributed by atoms with Crippen molar-refractivity contribution in [2.75, 3.05) is 7.11 Å². The van der Waals surface area contributed by atoms with Gasteiger partial charge in [0.05, 0.1) is 12.7 Å². The highest BCUT2D eigenvalue weighted by Crippen LogP contribution is 2.38. The molecule has 0 aliphatic carbocycles. The number of rotatable bonds is 5. The Morgan fingerprint density at radius 2 is 1.58 bits per heavy atom. The number of aromatic carboxylic acids is 1. The van der Waals surface area contributed by atoms with Crippen LogP contribution in [0.25, 0.3) is 0 Å². The number of phenolic OH excluding ortho intramolecular Hbond substituents is 2. The van der Waals surface area contributed by atoms with Gasteiger partial charge in [-0.3, -0.25) is 0 Å². The number of hydrogen-bond donors (Lipinski definition) is 3. The molecule has 5 nitrogen and oxygen atoms in total. The van der Waals surface area contributed by atoms with E-state index in [0.717, 1.165) is 11.1 Å². The summed E-state index contributed by atoms with van der Waals surface area (Å²) in [4.78, 5) is 11.7. The van der Waals surface area contributed by atoms with E-state index in [4.69, 9.17) is 4.74 Å². The molecule has 0 saturated carbocycles. The van der Waals surface area contributed by atoms with Crippen molar-refractivity contribution in [2.45, 2.75) is 5.92 Å². The number of phenols is 2. The molecule has 5 heteroatoms. The smallest absolute Gasteiger partial charge is 0.335 e. The maximum Gasteiger partial charge on any atom is 0.335 e. The van der Waals surface area contributed by atoms with E-state index in [1.165, 1.54) is 13.2 Å². The molecule has 0 unspecified atom stereocenters. The van der Waals surface area contributed by atoms with Crippen molar-refractivity contribution < 1.29 is 24.9 Å². The van der Waals surface area contributed by atoms with E-state index in [1.807, 2.05) is 0 Å². The Bertz CT molecular complexity index is 931. The minimum absolute atomic E-state index is 0.00669.